The van der Waals surface area contributed by atoms with Crippen molar-refractivity contribution in [3.8, 4) is 0 Å². The molecule has 17 heavy (non-hydrogen) atoms. The van der Waals surface area contributed by atoms with Gasteiger partial charge in [-0.05, 0) is 38.3 Å². The van der Waals surface area contributed by atoms with Gasteiger partial charge in [0.1, 0.15) is 0 Å². The van der Waals surface area contributed by atoms with Gasteiger partial charge in [0.15, 0.2) is 0 Å². The molecule has 0 rings (SSSR count). The monoisotopic (exact) mass is 228 g/mol. The van der Waals surface area contributed by atoms with Crippen LogP contribution >= 0.6 is 0 Å². The van der Waals surface area contributed by atoms with Gasteiger partial charge in [0.25, 0.3) is 0 Å². The molecule has 0 heteroatoms. The second-order valence-electron chi connectivity index (χ2n) is 3.57. The van der Waals surface area contributed by atoms with E-state index in [-0.39, 0.29) is 0 Å². The molecule has 0 amide bonds. The topological polar surface area (TPSA) is 0 Å². The molecule has 0 aromatic carbocycles. The Morgan fingerprint density at radius 1 is 0.765 bits per heavy atom. The van der Waals surface area contributed by atoms with Gasteiger partial charge in [0.05, 0.1) is 0 Å². The molecular formula is C17H24. The summed E-state index contributed by atoms with van der Waals surface area (Å²) in [6, 6.07) is 0. The zero-order valence-electron chi connectivity index (χ0n) is 11.5. The Morgan fingerprint density at radius 3 is 1.71 bits per heavy atom. The Kier molecular flexibility index (Phi) is 9.94. The van der Waals surface area contributed by atoms with Crippen LogP contribution in [0, 0.1) is 0 Å². The highest BCUT2D eigenvalue weighted by Crippen LogP contribution is 2.13. The summed E-state index contributed by atoms with van der Waals surface area (Å²) in [6.45, 7) is 8.29. The van der Waals surface area contributed by atoms with Crippen LogP contribution in [-0.4, -0.2) is 0 Å². The maximum absolute atomic E-state index is 2.15. The van der Waals surface area contributed by atoms with E-state index in [0.29, 0.717) is 0 Å². The number of rotatable bonds is 6. The maximum Gasteiger partial charge on any atom is -0.0230 e. The Labute approximate surface area is 106 Å². The fraction of sp³-hybridized carbons (Fsp3) is 0.294. The number of hydrogen-bond acceptors (Lipinski definition) is 0. The van der Waals surface area contributed by atoms with Crippen LogP contribution in [-0.2, 0) is 0 Å². The molecule has 92 valence electrons. The first-order valence-corrected chi connectivity index (χ1v) is 6.25. The minimum absolute atomic E-state index is 1.08. The SMILES string of the molecule is C\C=C/C=C\C(=C/C)C(\C=C/C=C\CC)=C\C. The minimum Gasteiger partial charge on any atom is -0.0877 e. The number of hydrogen-bond donors (Lipinski definition) is 0. The van der Waals surface area contributed by atoms with Crippen LogP contribution in [0.3, 0.4) is 0 Å². The van der Waals surface area contributed by atoms with Gasteiger partial charge in [-0.15, -0.1) is 0 Å². The quantitative estimate of drug-likeness (QED) is 0.524. The van der Waals surface area contributed by atoms with Crippen LogP contribution in [0.5, 0.6) is 0 Å². The van der Waals surface area contributed by atoms with Gasteiger partial charge in [-0.25, -0.2) is 0 Å². The van der Waals surface area contributed by atoms with Crippen LogP contribution < -0.4 is 0 Å². The van der Waals surface area contributed by atoms with Gasteiger partial charge in [-0.2, -0.15) is 0 Å². The summed E-state index contributed by atoms with van der Waals surface area (Å²) in [4.78, 5) is 0. The average molecular weight is 228 g/mol. The molecule has 0 unspecified atom stereocenters. The molecule has 0 aliphatic rings. The van der Waals surface area contributed by atoms with Crippen molar-refractivity contribution in [3.05, 3.63) is 71.9 Å². The zero-order valence-corrected chi connectivity index (χ0v) is 11.5. The van der Waals surface area contributed by atoms with Gasteiger partial charge in [0.2, 0.25) is 0 Å². The summed E-state index contributed by atoms with van der Waals surface area (Å²) >= 11 is 0. The lowest BCUT2D eigenvalue weighted by Crippen LogP contribution is -1.81. The molecule has 0 spiro atoms. The van der Waals surface area contributed by atoms with Crippen molar-refractivity contribution in [1.82, 2.24) is 0 Å². The first kappa shape index (κ1) is 15.4. The lowest BCUT2D eigenvalue weighted by molar-refractivity contribution is 1.22. The predicted molar refractivity (Wildman–Crippen MR) is 80.0 cm³/mol. The lowest BCUT2D eigenvalue weighted by Gasteiger charge is -2.01. The zero-order chi connectivity index (χ0) is 12.9. The fourth-order valence-electron chi connectivity index (χ4n) is 1.36. The van der Waals surface area contributed by atoms with Crippen molar-refractivity contribution >= 4 is 0 Å². The first-order valence-electron chi connectivity index (χ1n) is 6.25. The highest BCUT2D eigenvalue weighted by molar-refractivity contribution is 5.47. The third-order valence-corrected chi connectivity index (χ3v) is 2.29. The average Bonchev–Trinajstić information content (AvgIpc) is 2.36. The van der Waals surface area contributed by atoms with Crippen molar-refractivity contribution in [3.63, 3.8) is 0 Å². The van der Waals surface area contributed by atoms with E-state index in [2.05, 4.69) is 69.4 Å². The van der Waals surface area contributed by atoms with Gasteiger partial charge in [0, 0.05) is 0 Å². The highest BCUT2D eigenvalue weighted by atomic mass is 14.0. The van der Waals surface area contributed by atoms with Crippen molar-refractivity contribution in [2.75, 3.05) is 0 Å². The second-order valence-corrected chi connectivity index (χ2v) is 3.57. The van der Waals surface area contributed by atoms with E-state index in [4.69, 9.17) is 0 Å². The molecular weight excluding hydrogens is 204 g/mol. The normalized spacial score (nSPS) is 15.1. The molecule has 0 nitrogen and oxygen atoms in total. The van der Waals surface area contributed by atoms with Gasteiger partial charge < -0.3 is 0 Å². The van der Waals surface area contributed by atoms with Crippen LogP contribution in [0.1, 0.15) is 34.1 Å². The largest absolute Gasteiger partial charge is 0.0877 e. The van der Waals surface area contributed by atoms with Crippen LogP contribution in [0.2, 0.25) is 0 Å². The lowest BCUT2D eigenvalue weighted by atomic mass is 10.0. The van der Waals surface area contributed by atoms with Gasteiger partial charge in [-0.1, -0.05) is 67.7 Å². The van der Waals surface area contributed by atoms with E-state index in [1.54, 1.807) is 0 Å². The van der Waals surface area contributed by atoms with Crippen LogP contribution in [0.4, 0.5) is 0 Å². The van der Waals surface area contributed by atoms with Crippen molar-refractivity contribution in [2.45, 2.75) is 34.1 Å². The van der Waals surface area contributed by atoms with E-state index in [0.717, 1.165) is 6.42 Å². The summed E-state index contributed by atoms with van der Waals surface area (Å²) < 4.78 is 0. The molecule has 0 saturated carbocycles. The molecule has 0 saturated heterocycles. The van der Waals surface area contributed by atoms with E-state index >= 15 is 0 Å². The van der Waals surface area contributed by atoms with Gasteiger partial charge in [-0.3, -0.25) is 0 Å². The smallest absolute Gasteiger partial charge is 0.0230 e. The third-order valence-electron chi connectivity index (χ3n) is 2.29. The first-order chi connectivity index (χ1) is 8.29. The highest BCUT2D eigenvalue weighted by Gasteiger charge is 1.93. The van der Waals surface area contributed by atoms with E-state index in [1.165, 1.54) is 11.1 Å². The maximum atomic E-state index is 2.15. The summed E-state index contributed by atoms with van der Waals surface area (Å²) in [6.07, 6.45) is 22.1. The van der Waals surface area contributed by atoms with E-state index in [9.17, 15) is 0 Å². The molecule has 0 bridgehead atoms. The Bertz CT molecular complexity index is 357. The second kappa shape index (κ2) is 10.9. The standard InChI is InChI=1S/C17H24/c1-5-9-11-13-15-17(8-4)16(7-3)14-12-10-6-2/h6-15H,5H2,1-4H3/b10-6-,11-9-,14-12-,15-13-,16-7+,17-8+. The van der Waals surface area contributed by atoms with Gasteiger partial charge >= 0.3 is 0 Å². The molecule has 0 fully saturated rings. The molecule has 0 atom stereocenters. The summed E-state index contributed by atoms with van der Waals surface area (Å²) in [5, 5.41) is 0. The molecule has 0 aliphatic heterocycles. The van der Waals surface area contributed by atoms with Crippen molar-refractivity contribution in [2.24, 2.45) is 0 Å². The Morgan fingerprint density at radius 2 is 1.29 bits per heavy atom. The third kappa shape index (κ3) is 7.35. The molecule has 0 radical (unpaired) electrons. The Hall–Kier alpha value is -1.56. The molecule has 0 heterocycles. The number of allylic oxidation sites excluding steroid dienone is 12. The predicted octanol–water partition coefficient (Wildman–Crippen LogP) is 5.53. The van der Waals surface area contributed by atoms with Crippen molar-refractivity contribution < 1.29 is 0 Å². The molecule has 0 N–H and O–H groups in total. The van der Waals surface area contributed by atoms with E-state index in [1.807, 2.05) is 19.1 Å². The summed E-state index contributed by atoms with van der Waals surface area (Å²) in [7, 11) is 0. The van der Waals surface area contributed by atoms with Crippen LogP contribution in [0.25, 0.3) is 0 Å². The Balaban J connectivity index is 4.74. The summed E-state index contributed by atoms with van der Waals surface area (Å²) in [5.74, 6) is 0. The molecule has 0 aliphatic carbocycles. The molecule has 0 aromatic heterocycles. The minimum atomic E-state index is 1.08. The van der Waals surface area contributed by atoms with E-state index < -0.39 is 0 Å². The summed E-state index contributed by atoms with van der Waals surface area (Å²) in [5.41, 5.74) is 2.49. The fourth-order valence-corrected chi connectivity index (χ4v) is 1.36. The molecule has 0 aromatic rings. The van der Waals surface area contributed by atoms with Crippen LogP contribution in [0.15, 0.2) is 71.9 Å². The van der Waals surface area contributed by atoms with Crippen molar-refractivity contribution in [1.29, 1.82) is 0 Å².